The summed E-state index contributed by atoms with van der Waals surface area (Å²) in [5, 5.41) is 5.24. The summed E-state index contributed by atoms with van der Waals surface area (Å²) in [4.78, 5) is 24.9. The van der Waals surface area contributed by atoms with Gasteiger partial charge in [-0.2, -0.15) is 5.10 Å². The zero-order chi connectivity index (χ0) is 15.0. The van der Waals surface area contributed by atoms with Crippen LogP contribution in [-0.4, -0.2) is 56.7 Å². The molecular weight excluding hydrogens is 268 g/mol. The molecule has 0 spiro atoms. The molecule has 1 fully saturated rings. The third-order valence-electron chi connectivity index (χ3n) is 3.92. The summed E-state index contributed by atoms with van der Waals surface area (Å²) in [6.07, 6.45) is 2.38. The van der Waals surface area contributed by atoms with Crippen LogP contribution < -0.4 is 4.90 Å². The van der Waals surface area contributed by atoms with Gasteiger partial charge in [-0.25, -0.2) is 9.97 Å². The highest BCUT2D eigenvalue weighted by Gasteiger charge is 2.23. The fraction of sp³-hybridized carbons (Fsp3) is 0.571. The quantitative estimate of drug-likeness (QED) is 0.815. The summed E-state index contributed by atoms with van der Waals surface area (Å²) in [6.45, 7) is 6.89. The fourth-order valence-corrected chi connectivity index (χ4v) is 2.75. The monoisotopic (exact) mass is 288 g/mol. The molecule has 0 N–H and O–H groups in total. The molecule has 0 radical (unpaired) electrons. The van der Waals surface area contributed by atoms with E-state index in [2.05, 4.69) is 20.0 Å². The molecule has 0 unspecified atom stereocenters. The fourth-order valence-electron chi connectivity index (χ4n) is 2.75. The Hall–Kier alpha value is -2.18. The highest BCUT2D eigenvalue weighted by molar-refractivity contribution is 5.87. The minimum absolute atomic E-state index is 0.222. The lowest BCUT2D eigenvalue weighted by Gasteiger charge is -2.35. The Morgan fingerprint density at radius 2 is 1.95 bits per heavy atom. The van der Waals surface area contributed by atoms with Crippen molar-refractivity contribution in [2.45, 2.75) is 20.3 Å². The van der Waals surface area contributed by atoms with E-state index < -0.39 is 0 Å². The van der Waals surface area contributed by atoms with Crippen molar-refractivity contribution in [1.82, 2.24) is 24.6 Å². The molecular formula is C14H20N6O. The van der Waals surface area contributed by atoms with Crippen molar-refractivity contribution in [3.63, 3.8) is 0 Å². The number of hydrogen-bond donors (Lipinski definition) is 0. The van der Waals surface area contributed by atoms with Crippen LogP contribution in [-0.2, 0) is 11.8 Å². The second kappa shape index (κ2) is 5.31. The lowest BCUT2D eigenvalue weighted by Crippen LogP contribution is -2.49. The number of anilines is 1. The first-order valence-corrected chi connectivity index (χ1v) is 7.29. The molecule has 1 aliphatic heterocycles. The Balaban J connectivity index is 1.87. The van der Waals surface area contributed by atoms with E-state index in [1.807, 2.05) is 32.0 Å². The maximum Gasteiger partial charge on any atom is 0.222 e. The van der Waals surface area contributed by atoms with E-state index in [1.54, 1.807) is 4.68 Å². The zero-order valence-corrected chi connectivity index (χ0v) is 12.7. The van der Waals surface area contributed by atoms with Gasteiger partial charge in [-0.15, -0.1) is 0 Å². The Labute approximate surface area is 123 Å². The number of hydrogen-bond acceptors (Lipinski definition) is 5. The lowest BCUT2D eigenvalue weighted by atomic mass is 10.2. The van der Waals surface area contributed by atoms with Crippen molar-refractivity contribution < 1.29 is 4.79 Å². The van der Waals surface area contributed by atoms with Crippen LogP contribution in [0.1, 0.15) is 19.2 Å². The number of piperazine rings is 1. The largest absolute Gasteiger partial charge is 0.352 e. The van der Waals surface area contributed by atoms with E-state index in [4.69, 9.17) is 0 Å². The molecule has 3 heterocycles. The number of aromatic nitrogens is 4. The number of nitrogens with zero attached hydrogens (tertiary/aromatic N) is 6. The summed E-state index contributed by atoms with van der Waals surface area (Å²) in [7, 11) is 1.89. The molecule has 1 saturated heterocycles. The average molecular weight is 288 g/mol. The van der Waals surface area contributed by atoms with E-state index in [1.165, 1.54) is 0 Å². The van der Waals surface area contributed by atoms with Gasteiger partial charge in [0.25, 0.3) is 0 Å². The average Bonchev–Trinajstić information content (AvgIpc) is 2.87. The smallest absolute Gasteiger partial charge is 0.222 e. The maximum absolute atomic E-state index is 11.7. The first-order valence-electron chi connectivity index (χ1n) is 7.29. The molecule has 0 atom stereocenters. The molecule has 3 rings (SSSR count). The summed E-state index contributed by atoms with van der Waals surface area (Å²) >= 11 is 0. The Morgan fingerprint density at radius 1 is 1.24 bits per heavy atom. The Kier molecular flexibility index (Phi) is 3.48. The predicted molar refractivity (Wildman–Crippen MR) is 80.1 cm³/mol. The number of amides is 1. The molecule has 2 aromatic heterocycles. The highest BCUT2D eigenvalue weighted by Crippen LogP contribution is 2.24. The number of carbonyl (C=O) groups is 1. The van der Waals surface area contributed by atoms with E-state index >= 15 is 0 Å². The van der Waals surface area contributed by atoms with Crippen LogP contribution >= 0.6 is 0 Å². The van der Waals surface area contributed by atoms with Gasteiger partial charge in [0.15, 0.2) is 5.65 Å². The third-order valence-corrected chi connectivity index (χ3v) is 3.92. The molecule has 21 heavy (non-hydrogen) atoms. The van der Waals surface area contributed by atoms with Gasteiger partial charge >= 0.3 is 0 Å². The van der Waals surface area contributed by atoms with Gasteiger partial charge in [0.1, 0.15) is 11.6 Å². The second-order valence-corrected chi connectivity index (χ2v) is 5.32. The maximum atomic E-state index is 11.7. The molecule has 0 bridgehead atoms. The van der Waals surface area contributed by atoms with Crippen molar-refractivity contribution in [3.8, 4) is 0 Å². The van der Waals surface area contributed by atoms with Crippen molar-refractivity contribution >= 4 is 22.8 Å². The first kappa shape index (κ1) is 13.8. The van der Waals surface area contributed by atoms with Crippen molar-refractivity contribution in [2.24, 2.45) is 7.05 Å². The van der Waals surface area contributed by atoms with Gasteiger partial charge in [0, 0.05) is 39.6 Å². The summed E-state index contributed by atoms with van der Waals surface area (Å²) in [5.74, 6) is 1.89. The summed E-state index contributed by atoms with van der Waals surface area (Å²) < 4.78 is 1.77. The van der Waals surface area contributed by atoms with Gasteiger partial charge in [-0.05, 0) is 6.92 Å². The molecule has 0 aliphatic carbocycles. The first-order chi connectivity index (χ1) is 10.1. The van der Waals surface area contributed by atoms with E-state index in [9.17, 15) is 4.79 Å². The number of rotatable bonds is 2. The van der Waals surface area contributed by atoms with E-state index in [0.29, 0.717) is 6.42 Å². The minimum Gasteiger partial charge on any atom is -0.352 e. The summed E-state index contributed by atoms with van der Waals surface area (Å²) in [6, 6.07) is 0. The van der Waals surface area contributed by atoms with E-state index in [0.717, 1.165) is 48.9 Å². The molecule has 2 aromatic rings. The van der Waals surface area contributed by atoms with Gasteiger partial charge in [0.2, 0.25) is 5.91 Å². The lowest BCUT2D eigenvalue weighted by molar-refractivity contribution is -0.131. The van der Waals surface area contributed by atoms with Crippen LogP contribution in [0.2, 0.25) is 0 Å². The normalized spacial score (nSPS) is 15.8. The van der Waals surface area contributed by atoms with Crippen molar-refractivity contribution in [1.29, 1.82) is 0 Å². The van der Waals surface area contributed by atoms with Crippen LogP contribution in [0, 0.1) is 6.92 Å². The minimum atomic E-state index is 0.222. The van der Waals surface area contributed by atoms with Crippen LogP contribution in [0.25, 0.3) is 11.0 Å². The summed E-state index contributed by atoms with van der Waals surface area (Å²) in [5.41, 5.74) is 0.851. The van der Waals surface area contributed by atoms with Gasteiger partial charge in [-0.3, -0.25) is 9.48 Å². The molecule has 1 amide bonds. The van der Waals surface area contributed by atoms with Crippen molar-refractivity contribution in [2.75, 3.05) is 31.1 Å². The number of fused-ring (bicyclic) bond motifs is 1. The molecule has 7 heteroatoms. The zero-order valence-electron chi connectivity index (χ0n) is 12.7. The van der Waals surface area contributed by atoms with Gasteiger partial charge in [0.05, 0.1) is 11.6 Å². The highest BCUT2D eigenvalue weighted by atomic mass is 16.2. The number of carbonyl (C=O) groups excluding carboxylic acids is 1. The second-order valence-electron chi connectivity index (χ2n) is 5.32. The van der Waals surface area contributed by atoms with E-state index in [-0.39, 0.29) is 5.91 Å². The Morgan fingerprint density at radius 3 is 2.62 bits per heavy atom. The van der Waals surface area contributed by atoms with Crippen LogP contribution in [0.3, 0.4) is 0 Å². The Bertz CT molecular complexity index is 671. The molecule has 7 nitrogen and oxygen atoms in total. The van der Waals surface area contributed by atoms with Crippen LogP contribution in [0.4, 0.5) is 5.82 Å². The third kappa shape index (κ3) is 2.43. The van der Waals surface area contributed by atoms with Crippen molar-refractivity contribution in [3.05, 3.63) is 12.0 Å². The number of aryl methyl sites for hydroxylation is 2. The van der Waals surface area contributed by atoms with Gasteiger partial charge in [-0.1, -0.05) is 6.92 Å². The van der Waals surface area contributed by atoms with Gasteiger partial charge < -0.3 is 9.80 Å². The standard InChI is InChI=1S/C14H20N6O/c1-4-12(21)19-5-7-20(8-6-19)14-11-9-15-18(3)13(11)16-10(2)17-14/h9H,4-8H2,1-3H3. The topological polar surface area (TPSA) is 67.2 Å². The van der Waals surface area contributed by atoms with Crippen LogP contribution in [0.15, 0.2) is 6.20 Å². The molecule has 0 aromatic carbocycles. The molecule has 112 valence electrons. The SMILES string of the molecule is CCC(=O)N1CCN(c2nc(C)nc3c2cnn3C)CC1. The van der Waals surface area contributed by atoms with Crippen LogP contribution in [0.5, 0.6) is 0 Å². The molecule has 0 saturated carbocycles. The predicted octanol–water partition coefficient (Wildman–Crippen LogP) is 0.730. The molecule has 1 aliphatic rings.